The van der Waals surface area contributed by atoms with E-state index < -0.39 is 0 Å². The van der Waals surface area contributed by atoms with E-state index in [9.17, 15) is 4.79 Å². The topological polar surface area (TPSA) is 67.3 Å². The number of halogens is 1. The predicted octanol–water partition coefficient (Wildman–Crippen LogP) is 3.78. The molecular formula is C18H21ClN4O2. The van der Waals surface area contributed by atoms with Crippen molar-refractivity contribution in [3.05, 3.63) is 46.9 Å². The molecule has 0 bridgehead atoms. The molecule has 25 heavy (non-hydrogen) atoms. The summed E-state index contributed by atoms with van der Waals surface area (Å²) in [6.07, 6.45) is 4.90. The van der Waals surface area contributed by atoms with Crippen molar-refractivity contribution in [2.45, 2.75) is 32.9 Å². The van der Waals surface area contributed by atoms with E-state index in [1.807, 2.05) is 26.0 Å². The highest BCUT2D eigenvalue weighted by Gasteiger charge is 2.30. The van der Waals surface area contributed by atoms with Crippen LogP contribution in [0.25, 0.3) is 0 Å². The van der Waals surface area contributed by atoms with Gasteiger partial charge in [-0.25, -0.2) is 4.98 Å². The molecule has 0 radical (unpaired) electrons. The Morgan fingerprint density at radius 3 is 2.92 bits per heavy atom. The highest BCUT2D eigenvalue weighted by atomic mass is 35.5. The molecular weight excluding hydrogens is 340 g/mol. The van der Waals surface area contributed by atoms with Gasteiger partial charge in [-0.15, -0.1) is 0 Å². The van der Waals surface area contributed by atoms with Gasteiger partial charge in [0.15, 0.2) is 0 Å². The van der Waals surface area contributed by atoms with Crippen molar-refractivity contribution in [2.24, 2.45) is 0 Å². The van der Waals surface area contributed by atoms with E-state index in [4.69, 9.17) is 16.3 Å². The van der Waals surface area contributed by atoms with Crippen LogP contribution in [0.15, 0.2) is 30.6 Å². The van der Waals surface area contributed by atoms with Crippen LogP contribution in [0, 0.1) is 6.92 Å². The zero-order valence-corrected chi connectivity index (χ0v) is 15.1. The molecule has 0 aromatic carbocycles. The third-order valence-corrected chi connectivity index (χ3v) is 4.37. The predicted molar refractivity (Wildman–Crippen MR) is 97.2 cm³/mol. The van der Waals surface area contributed by atoms with Crippen LogP contribution in [0.4, 0.5) is 11.5 Å². The van der Waals surface area contributed by atoms with Gasteiger partial charge in [-0.3, -0.25) is 9.78 Å². The Labute approximate surface area is 152 Å². The summed E-state index contributed by atoms with van der Waals surface area (Å²) in [6, 6.07) is 5.44. The number of nitrogens with one attached hydrogen (secondary N) is 1. The molecule has 1 fully saturated rings. The molecule has 7 heteroatoms. The molecule has 0 unspecified atom stereocenters. The van der Waals surface area contributed by atoms with Crippen molar-refractivity contribution in [2.75, 3.05) is 18.5 Å². The zero-order valence-electron chi connectivity index (χ0n) is 14.3. The molecule has 1 aliphatic rings. The van der Waals surface area contributed by atoms with Crippen LogP contribution in [-0.4, -0.2) is 40.2 Å². The molecule has 1 atom stereocenters. The lowest BCUT2D eigenvalue weighted by molar-refractivity contribution is -0.0195. The monoisotopic (exact) mass is 360 g/mol. The minimum Gasteiger partial charge on any atom is -0.359 e. The molecule has 1 saturated heterocycles. The van der Waals surface area contributed by atoms with Gasteiger partial charge in [0.2, 0.25) is 0 Å². The maximum atomic E-state index is 12.7. The van der Waals surface area contributed by atoms with Gasteiger partial charge in [-0.2, -0.15) is 0 Å². The maximum Gasteiger partial charge on any atom is 0.257 e. The fraction of sp³-hybridized carbons (Fsp3) is 0.389. The number of carbonyl (C=O) groups excluding carboxylic acids is 1. The molecule has 0 spiro atoms. The van der Waals surface area contributed by atoms with Crippen LogP contribution in [0.1, 0.15) is 35.8 Å². The standard InChI is InChI=1S/C18H21ClN4O2/c1-3-25-16-5-4-8-23(16)18(24)13-9-15(19)17(21-10-13)22-14-7-6-12(2)20-11-14/h6-7,9-11,16H,3-5,8H2,1-2H3,(H,21,22)/t16-/m1/s1. The minimum atomic E-state index is -0.160. The van der Waals surface area contributed by atoms with E-state index in [1.165, 1.54) is 0 Å². The van der Waals surface area contributed by atoms with Crippen LogP contribution >= 0.6 is 11.6 Å². The fourth-order valence-electron chi connectivity index (χ4n) is 2.83. The summed E-state index contributed by atoms with van der Waals surface area (Å²) >= 11 is 6.31. The van der Waals surface area contributed by atoms with E-state index >= 15 is 0 Å². The number of rotatable bonds is 5. The molecule has 6 nitrogen and oxygen atoms in total. The van der Waals surface area contributed by atoms with Crippen LogP contribution in [0.5, 0.6) is 0 Å². The lowest BCUT2D eigenvalue weighted by atomic mass is 10.2. The van der Waals surface area contributed by atoms with Gasteiger partial charge in [0, 0.05) is 25.0 Å². The number of hydrogen-bond acceptors (Lipinski definition) is 5. The summed E-state index contributed by atoms with van der Waals surface area (Å²) in [7, 11) is 0. The number of nitrogens with zero attached hydrogens (tertiary/aromatic N) is 3. The summed E-state index contributed by atoms with van der Waals surface area (Å²) < 4.78 is 5.63. The van der Waals surface area contributed by atoms with Gasteiger partial charge in [0.25, 0.3) is 5.91 Å². The Kier molecular flexibility index (Phi) is 5.50. The third-order valence-electron chi connectivity index (χ3n) is 4.08. The van der Waals surface area contributed by atoms with Crippen LogP contribution < -0.4 is 5.32 Å². The number of amides is 1. The number of anilines is 2. The smallest absolute Gasteiger partial charge is 0.257 e. The van der Waals surface area contributed by atoms with Gasteiger partial charge in [-0.05, 0) is 44.9 Å². The molecule has 3 rings (SSSR count). The summed E-state index contributed by atoms with van der Waals surface area (Å²) in [5.74, 6) is 0.389. The molecule has 132 valence electrons. The van der Waals surface area contributed by atoms with Gasteiger partial charge in [0.05, 0.1) is 22.5 Å². The summed E-state index contributed by atoms with van der Waals surface area (Å²) in [5.41, 5.74) is 2.18. The number of aromatic nitrogens is 2. The first kappa shape index (κ1) is 17.6. The molecule has 3 heterocycles. The first-order chi connectivity index (χ1) is 12.1. The number of hydrogen-bond donors (Lipinski definition) is 1. The molecule has 2 aromatic rings. The van der Waals surface area contributed by atoms with Crippen molar-refractivity contribution in [3.8, 4) is 0 Å². The van der Waals surface area contributed by atoms with E-state index in [2.05, 4.69) is 15.3 Å². The highest BCUT2D eigenvalue weighted by Crippen LogP contribution is 2.26. The van der Waals surface area contributed by atoms with Crippen LogP contribution in [0.2, 0.25) is 5.02 Å². The number of ether oxygens (including phenoxy) is 1. The maximum absolute atomic E-state index is 12.7. The first-order valence-electron chi connectivity index (χ1n) is 8.36. The fourth-order valence-corrected chi connectivity index (χ4v) is 3.04. The molecule has 1 aliphatic heterocycles. The van der Waals surface area contributed by atoms with Crippen molar-refractivity contribution in [1.29, 1.82) is 0 Å². The second kappa shape index (κ2) is 7.80. The van der Waals surface area contributed by atoms with Crippen LogP contribution in [0.3, 0.4) is 0 Å². The van der Waals surface area contributed by atoms with Gasteiger partial charge in [0.1, 0.15) is 12.0 Å². The number of likely N-dealkylation sites (tertiary alicyclic amines) is 1. The Morgan fingerprint density at radius 1 is 1.40 bits per heavy atom. The Morgan fingerprint density at radius 2 is 2.24 bits per heavy atom. The zero-order chi connectivity index (χ0) is 17.8. The number of pyridine rings is 2. The van der Waals surface area contributed by atoms with Gasteiger partial charge >= 0.3 is 0 Å². The van der Waals surface area contributed by atoms with Crippen molar-refractivity contribution in [1.82, 2.24) is 14.9 Å². The van der Waals surface area contributed by atoms with Gasteiger partial charge < -0.3 is 15.0 Å². The SMILES string of the molecule is CCO[C@@H]1CCCN1C(=O)c1cnc(Nc2ccc(C)nc2)c(Cl)c1. The van der Waals surface area contributed by atoms with Crippen molar-refractivity contribution >= 4 is 29.0 Å². The molecule has 1 N–H and O–H groups in total. The average Bonchev–Trinajstić information content (AvgIpc) is 3.06. The molecule has 2 aromatic heterocycles. The van der Waals surface area contributed by atoms with E-state index in [0.717, 1.165) is 24.2 Å². The van der Waals surface area contributed by atoms with E-state index in [0.29, 0.717) is 29.6 Å². The van der Waals surface area contributed by atoms with Crippen LogP contribution in [-0.2, 0) is 4.74 Å². The molecule has 1 amide bonds. The summed E-state index contributed by atoms with van der Waals surface area (Å²) in [5, 5.41) is 3.50. The lowest BCUT2D eigenvalue weighted by Gasteiger charge is -2.24. The third kappa shape index (κ3) is 4.08. The number of carbonyl (C=O) groups is 1. The largest absolute Gasteiger partial charge is 0.359 e. The average molecular weight is 361 g/mol. The minimum absolute atomic E-state index is 0.103. The first-order valence-corrected chi connectivity index (χ1v) is 8.74. The van der Waals surface area contributed by atoms with E-state index in [1.54, 1.807) is 23.4 Å². The summed E-state index contributed by atoms with van der Waals surface area (Å²) in [4.78, 5) is 23.0. The van der Waals surface area contributed by atoms with E-state index in [-0.39, 0.29) is 12.1 Å². The molecule has 0 saturated carbocycles. The van der Waals surface area contributed by atoms with Crippen molar-refractivity contribution in [3.63, 3.8) is 0 Å². The normalized spacial score (nSPS) is 16.9. The quantitative estimate of drug-likeness (QED) is 0.878. The Hall–Kier alpha value is -2.18. The lowest BCUT2D eigenvalue weighted by Crippen LogP contribution is -2.37. The molecule has 0 aliphatic carbocycles. The number of aryl methyl sites for hydroxylation is 1. The highest BCUT2D eigenvalue weighted by molar-refractivity contribution is 6.33. The Balaban J connectivity index is 1.75. The van der Waals surface area contributed by atoms with Gasteiger partial charge in [-0.1, -0.05) is 11.6 Å². The summed E-state index contributed by atoms with van der Waals surface area (Å²) in [6.45, 7) is 5.13. The Bertz CT molecular complexity index is 751. The second-order valence-corrected chi connectivity index (χ2v) is 6.33. The second-order valence-electron chi connectivity index (χ2n) is 5.92. The van der Waals surface area contributed by atoms with Crippen molar-refractivity contribution < 1.29 is 9.53 Å².